The molecule has 2 bridgehead atoms. The highest BCUT2D eigenvalue weighted by atomic mass is 16.8. The van der Waals surface area contributed by atoms with Gasteiger partial charge in [-0.15, -0.1) is 0 Å². The molecule has 6 nitrogen and oxygen atoms in total. The van der Waals surface area contributed by atoms with E-state index in [9.17, 15) is 0 Å². The topological polar surface area (TPSA) is 55.4 Å². The maximum absolute atomic E-state index is 6.38. The average Bonchev–Trinajstić information content (AvgIpc) is 3.21. The molecule has 0 radical (unpaired) electrons. The Morgan fingerprint density at radius 1 is 0.867 bits per heavy atom. The number of ether oxygens (including phenoxy) is 6. The summed E-state index contributed by atoms with van der Waals surface area (Å²) in [6.45, 7) is 5.76. The molecule has 2 fully saturated rings. The number of hydrogen-bond donors (Lipinski definition) is 0. The van der Waals surface area contributed by atoms with Crippen molar-refractivity contribution in [3.8, 4) is 0 Å². The van der Waals surface area contributed by atoms with Crippen LogP contribution >= 0.6 is 0 Å². The van der Waals surface area contributed by atoms with Crippen molar-refractivity contribution >= 4 is 0 Å². The van der Waals surface area contributed by atoms with Gasteiger partial charge in [0, 0.05) is 6.61 Å². The van der Waals surface area contributed by atoms with E-state index < -0.39 is 18.7 Å². The summed E-state index contributed by atoms with van der Waals surface area (Å²) in [6.07, 6.45) is -2.19. The third-order valence-electron chi connectivity index (χ3n) is 5.34. The second-order valence-electron chi connectivity index (χ2n) is 7.52. The molecule has 2 aliphatic heterocycles. The molecule has 2 heterocycles. The fourth-order valence-electron chi connectivity index (χ4n) is 3.90. The molecule has 4 rings (SSSR count). The van der Waals surface area contributed by atoms with Gasteiger partial charge in [-0.2, -0.15) is 0 Å². The normalized spacial score (nSPS) is 29.1. The van der Waals surface area contributed by atoms with Crippen molar-refractivity contribution in [1.82, 2.24) is 0 Å². The standard InChI is InChI=1S/C24H30O6/c1-3-25-17(2)29-23-22(27-15-19-12-8-5-9-13-19)21(20-16-28-24(23)30-20)26-14-18-10-6-4-7-11-18/h4-13,17,20-24H,3,14-16H2,1-2H3/t17?,20-,21-,22+,23+,24-/m1/s1. The molecule has 2 aromatic carbocycles. The van der Waals surface area contributed by atoms with Gasteiger partial charge in [-0.1, -0.05) is 60.7 Å². The molecule has 0 spiro atoms. The molecule has 0 saturated carbocycles. The van der Waals surface area contributed by atoms with Crippen molar-refractivity contribution in [3.05, 3.63) is 71.8 Å². The van der Waals surface area contributed by atoms with Crippen LogP contribution in [0.4, 0.5) is 0 Å². The Morgan fingerprint density at radius 3 is 2.07 bits per heavy atom. The zero-order chi connectivity index (χ0) is 20.8. The Kier molecular flexibility index (Phi) is 7.49. The van der Waals surface area contributed by atoms with E-state index in [1.54, 1.807) is 0 Å². The van der Waals surface area contributed by atoms with Crippen LogP contribution in [0.5, 0.6) is 0 Å². The largest absolute Gasteiger partial charge is 0.368 e. The van der Waals surface area contributed by atoms with Crippen molar-refractivity contribution in [2.75, 3.05) is 13.2 Å². The highest BCUT2D eigenvalue weighted by Gasteiger charge is 2.53. The number of rotatable bonds is 10. The predicted octanol–water partition coefficient (Wildman–Crippen LogP) is 3.68. The minimum Gasteiger partial charge on any atom is -0.368 e. The smallest absolute Gasteiger partial charge is 0.187 e. The molecular formula is C24H30O6. The molecule has 2 aliphatic rings. The first-order valence-electron chi connectivity index (χ1n) is 10.6. The molecule has 0 N–H and O–H groups in total. The van der Waals surface area contributed by atoms with Crippen LogP contribution in [0.1, 0.15) is 25.0 Å². The Labute approximate surface area is 178 Å². The lowest BCUT2D eigenvalue weighted by atomic mass is 10.00. The summed E-state index contributed by atoms with van der Waals surface area (Å²) in [4.78, 5) is 0. The Bertz CT molecular complexity index is 755. The van der Waals surface area contributed by atoms with Gasteiger partial charge in [0.25, 0.3) is 0 Å². The van der Waals surface area contributed by atoms with Crippen molar-refractivity contribution in [3.63, 3.8) is 0 Å². The van der Waals surface area contributed by atoms with Gasteiger partial charge in [0.05, 0.1) is 19.8 Å². The van der Waals surface area contributed by atoms with Gasteiger partial charge < -0.3 is 28.4 Å². The monoisotopic (exact) mass is 414 g/mol. The molecule has 30 heavy (non-hydrogen) atoms. The lowest BCUT2D eigenvalue weighted by molar-refractivity contribution is -0.297. The van der Waals surface area contributed by atoms with Crippen LogP contribution in [0.3, 0.4) is 0 Å². The minimum atomic E-state index is -0.491. The minimum absolute atomic E-state index is 0.193. The molecule has 0 aliphatic carbocycles. The first kappa shape index (κ1) is 21.4. The Balaban J connectivity index is 1.51. The second-order valence-corrected chi connectivity index (χ2v) is 7.52. The molecule has 2 saturated heterocycles. The summed E-state index contributed by atoms with van der Waals surface area (Å²) in [5.41, 5.74) is 2.19. The van der Waals surface area contributed by atoms with Crippen LogP contribution in [0, 0.1) is 0 Å². The van der Waals surface area contributed by atoms with E-state index in [1.165, 1.54) is 0 Å². The molecule has 0 aromatic heterocycles. The fraction of sp³-hybridized carbons (Fsp3) is 0.500. The highest BCUT2D eigenvalue weighted by molar-refractivity contribution is 5.14. The maximum atomic E-state index is 6.38. The lowest BCUT2D eigenvalue weighted by Crippen LogP contribution is -2.57. The summed E-state index contributed by atoms with van der Waals surface area (Å²) in [7, 11) is 0. The summed E-state index contributed by atoms with van der Waals surface area (Å²) < 4.78 is 36.4. The third kappa shape index (κ3) is 5.27. The van der Waals surface area contributed by atoms with Gasteiger partial charge in [0.1, 0.15) is 24.4 Å². The van der Waals surface area contributed by atoms with Crippen LogP contribution < -0.4 is 0 Å². The zero-order valence-corrected chi connectivity index (χ0v) is 17.5. The van der Waals surface area contributed by atoms with Crippen LogP contribution in [0.25, 0.3) is 0 Å². The molecular weight excluding hydrogens is 384 g/mol. The van der Waals surface area contributed by atoms with Crippen LogP contribution in [0.2, 0.25) is 0 Å². The second kappa shape index (κ2) is 10.5. The molecule has 1 unspecified atom stereocenters. The van der Waals surface area contributed by atoms with E-state index in [-0.39, 0.29) is 18.3 Å². The number of hydrogen-bond acceptors (Lipinski definition) is 6. The van der Waals surface area contributed by atoms with Crippen molar-refractivity contribution in [2.45, 2.75) is 64.1 Å². The molecule has 6 atom stereocenters. The molecule has 6 heteroatoms. The Morgan fingerprint density at radius 2 is 1.47 bits per heavy atom. The van der Waals surface area contributed by atoms with Gasteiger partial charge in [0.15, 0.2) is 12.6 Å². The fourth-order valence-corrected chi connectivity index (χ4v) is 3.90. The predicted molar refractivity (Wildman–Crippen MR) is 111 cm³/mol. The van der Waals surface area contributed by atoms with E-state index in [0.29, 0.717) is 26.4 Å². The van der Waals surface area contributed by atoms with E-state index in [4.69, 9.17) is 28.4 Å². The highest BCUT2D eigenvalue weighted by Crippen LogP contribution is 2.35. The van der Waals surface area contributed by atoms with Gasteiger partial charge in [-0.05, 0) is 25.0 Å². The SMILES string of the molecule is CCOC(C)O[C@@H]1[C@@H]2OC[C@@H](O2)[C@@H](OCc2ccccc2)[C@@H]1OCc1ccccc1. The third-order valence-corrected chi connectivity index (χ3v) is 5.34. The first-order valence-corrected chi connectivity index (χ1v) is 10.6. The van der Waals surface area contributed by atoms with Crippen LogP contribution in [-0.4, -0.2) is 50.2 Å². The average molecular weight is 414 g/mol. The van der Waals surface area contributed by atoms with Crippen molar-refractivity contribution in [2.24, 2.45) is 0 Å². The van der Waals surface area contributed by atoms with Crippen molar-refractivity contribution in [1.29, 1.82) is 0 Å². The summed E-state index contributed by atoms with van der Waals surface area (Å²) in [5, 5.41) is 0. The molecule has 0 amide bonds. The van der Waals surface area contributed by atoms with Crippen LogP contribution in [-0.2, 0) is 41.6 Å². The lowest BCUT2D eigenvalue weighted by Gasteiger charge is -2.41. The number of fused-ring (bicyclic) bond motifs is 2. The summed E-state index contributed by atoms with van der Waals surface area (Å²) >= 11 is 0. The van der Waals surface area contributed by atoms with Gasteiger partial charge in [-0.25, -0.2) is 0 Å². The van der Waals surface area contributed by atoms with Crippen LogP contribution in [0.15, 0.2) is 60.7 Å². The van der Waals surface area contributed by atoms with E-state index in [1.807, 2.05) is 74.5 Å². The quantitative estimate of drug-likeness (QED) is 0.553. The summed E-state index contributed by atoms with van der Waals surface area (Å²) in [5.74, 6) is 0. The van der Waals surface area contributed by atoms with E-state index in [2.05, 4.69) is 0 Å². The molecule has 2 aromatic rings. The van der Waals surface area contributed by atoms with Gasteiger partial charge in [0.2, 0.25) is 0 Å². The van der Waals surface area contributed by atoms with E-state index >= 15 is 0 Å². The molecule has 162 valence electrons. The Hall–Kier alpha value is -1.80. The van der Waals surface area contributed by atoms with Crippen molar-refractivity contribution < 1.29 is 28.4 Å². The first-order chi connectivity index (χ1) is 14.7. The zero-order valence-electron chi connectivity index (χ0n) is 17.5. The summed E-state index contributed by atoms with van der Waals surface area (Å²) in [6, 6.07) is 20.2. The maximum Gasteiger partial charge on any atom is 0.187 e. The number of benzene rings is 2. The van der Waals surface area contributed by atoms with E-state index in [0.717, 1.165) is 11.1 Å². The van der Waals surface area contributed by atoms with Gasteiger partial charge in [-0.3, -0.25) is 0 Å². The van der Waals surface area contributed by atoms with Gasteiger partial charge >= 0.3 is 0 Å².